The van der Waals surface area contributed by atoms with E-state index in [1.54, 1.807) is 20.8 Å². The van der Waals surface area contributed by atoms with Crippen molar-refractivity contribution in [3.8, 4) is 0 Å². The molecule has 0 aliphatic rings. The van der Waals surface area contributed by atoms with Gasteiger partial charge in [0, 0.05) is 12.1 Å². The van der Waals surface area contributed by atoms with Crippen molar-refractivity contribution in [2.75, 3.05) is 0 Å². The van der Waals surface area contributed by atoms with Crippen molar-refractivity contribution < 1.29 is 12.9 Å². The molecule has 0 aliphatic heterocycles. The number of rotatable bonds is 4. The molecule has 2 aromatic rings. The van der Waals surface area contributed by atoms with Crippen LogP contribution in [0.3, 0.4) is 0 Å². The van der Waals surface area contributed by atoms with Crippen LogP contribution in [0.4, 0.5) is 0 Å². The highest BCUT2D eigenvalue weighted by Gasteiger charge is 2.21. The fraction of sp³-hybridized carbons (Fsp3) is 0.400. The van der Waals surface area contributed by atoms with Crippen molar-refractivity contribution >= 4 is 37.3 Å². The monoisotopic (exact) mass is 365 g/mol. The van der Waals surface area contributed by atoms with Gasteiger partial charge in [-0.1, -0.05) is 16.5 Å². The average molecular weight is 366 g/mol. The van der Waals surface area contributed by atoms with Crippen molar-refractivity contribution in [3.63, 3.8) is 0 Å². The molecule has 1 N–H and O–H groups in total. The molecule has 0 bridgehead atoms. The third kappa shape index (κ3) is 3.04. The Labute approximate surface area is 123 Å². The molecule has 0 unspecified atom stereocenters. The van der Waals surface area contributed by atoms with Crippen LogP contribution in [0.25, 0.3) is 0 Å². The van der Waals surface area contributed by atoms with Gasteiger partial charge in [-0.05, 0) is 36.7 Å². The number of hydrogen-bond acceptors (Lipinski definition) is 6. The van der Waals surface area contributed by atoms with Gasteiger partial charge >= 0.3 is 0 Å². The van der Waals surface area contributed by atoms with Crippen LogP contribution >= 0.6 is 27.3 Å². The zero-order valence-corrected chi connectivity index (χ0v) is 13.7. The minimum Gasteiger partial charge on any atom is -0.361 e. The Morgan fingerprint density at radius 3 is 2.47 bits per heavy atom. The van der Waals surface area contributed by atoms with Crippen LogP contribution in [0.1, 0.15) is 22.7 Å². The molecule has 0 aliphatic carbocycles. The highest BCUT2D eigenvalue weighted by Crippen LogP contribution is 2.27. The molecule has 19 heavy (non-hydrogen) atoms. The van der Waals surface area contributed by atoms with Gasteiger partial charge in [0.05, 0.1) is 15.2 Å². The number of sulfonamides is 1. The predicted octanol–water partition coefficient (Wildman–Crippen LogP) is 2.30. The minimum atomic E-state index is -3.61. The molecule has 0 amide bonds. The van der Waals surface area contributed by atoms with Gasteiger partial charge in [-0.3, -0.25) is 0 Å². The molecule has 2 heterocycles. The predicted molar refractivity (Wildman–Crippen MR) is 74.6 cm³/mol. The fourth-order valence-corrected chi connectivity index (χ4v) is 4.43. The summed E-state index contributed by atoms with van der Waals surface area (Å²) in [5, 5.41) is 3.78. The van der Waals surface area contributed by atoms with Gasteiger partial charge in [-0.2, -0.15) is 0 Å². The van der Waals surface area contributed by atoms with Gasteiger partial charge in [-0.25, -0.2) is 18.1 Å². The van der Waals surface area contributed by atoms with Crippen molar-refractivity contribution in [2.24, 2.45) is 0 Å². The van der Waals surface area contributed by atoms with E-state index in [0.29, 0.717) is 20.9 Å². The lowest BCUT2D eigenvalue weighted by Crippen LogP contribution is -2.23. The Balaban J connectivity index is 2.19. The quantitative estimate of drug-likeness (QED) is 0.898. The molecule has 0 spiro atoms. The van der Waals surface area contributed by atoms with E-state index >= 15 is 0 Å². The first kappa shape index (κ1) is 14.6. The molecule has 0 saturated carbocycles. The third-order valence-electron chi connectivity index (χ3n) is 2.57. The number of halogens is 1. The standard InChI is InChI=1S/C10H12BrN3O3S2/c1-5-8(7(3)17-14-5)4-12-19(15,16)10-13-6(2)9(11)18-10/h12H,4H2,1-3H3. The summed E-state index contributed by atoms with van der Waals surface area (Å²) in [5.74, 6) is 0.608. The molecule has 0 radical (unpaired) electrons. The van der Waals surface area contributed by atoms with Crippen LogP contribution in [0.2, 0.25) is 0 Å². The number of thiazole rings is 1. The lowest BCUT2D eigenvalue weighted by Gasteiger charge is -2.03. The SMILES string of the molecule is Cc1nc(S(=O)(=O)NCc2c(C)noc2C)sc1Br. The maximum atomic E-state index is 12.1. The molecule has 0 saturated heterocycles. The number of hydrogen-bond donors (Lipinski definition) is 1. The maximum Gasteiger partial charge on any atom is 0.268 e. The van der Waals surface area contributed by atoms with E-state index in [0.717, 1.165) is 16.9 Å². The highest BCUT2D eigenvalue weighted by molar-refractivity contribution is 9.11. The Bertz CT molecular complexity index is 667. The van der Waals surface area contributed by atoms with Gasteiger partial charge in [-0.15, -0.1) is 0 Å². The molecule has 9 heteroatoms. The Hall–Kier alpha value is -0.770. The summed E-state index contributed by atoms with van der Waals surface area (Å²) in [4.78, 5) is 4.01. The zero-order chi connectivity index (χ0) is 14.2. The summed E-state index contributed by atoms with van der Waals surface area (Å²) in [5.41, 5.74) is 2.08. The molecule has 2 aromatic heterocycles. The molecule has 2 rings (SSSR count). The third-order valence-corrected chi connectivity index (χ3v) is 6.35. The Morgan fingerprint density at radius 2 is 2.00 bits per heavy atom. The van der Waals surface area contributed by atoms with Gasteiger partial charge in [0.1, 0.15) is 5.76 Å². The summed E-state index contributed by atoms with van der Waals surface area (Å²) in [6.07, 6.45) is 0. The Kier molecular flexibility index (Phi) is 4.09. The summed E-state index contributed by atoms with van der Waals surface area (Å²) in [6, 6.07) is 0. The lowest BCUT2D eigenvalue weighted by atomic mass is 10.2. The second-order valence-corrected chi connectivity index (χ2v) is 8.22. The van der Waals surface area contributed by atoms with Crippen molar-refractivity contribution in [2.45, 2.75) is 31.7 Å². The van der Waals surface area contributed by atoms with E-state index in [4.69, 9.17) is 4.52 Å². The number of aromatic nitrogens is 2. The first-order valence-electron chi connectivity index (χ1n) is 5.35. The molecule has 104 valence electrons. The molecular weight excluding hydrogens is 354 g/mol. The first-order valence-corrected chi connectivity index (χ1v) is 8.45. The number of nitrogens with zero attached hydrogens (tertiary/aromatic N) is 2. The number of aryl methyl sites for hydroxylation is 3. The number of nitrogens with one attached hydrogen (secondary N) is 1. The van der Waals surface area contributed by atoms with E-state index < -0.39 is 10.0 Å². The second kappa shape index (κ2) is 5.31. The van der Waals surface area contributed by atoms with Gasteiger partial charge in [0.2, 0.25) is 4.34 Å². The first-order chi connectivity index (χ1) is 8.81. The molecule has 0 fully saturated rings. The van der Waals surface area contributed by atoms with Crippen molar-refractivity contribution in [3.05, 3.63) is 26.5 Å². The summed E-state index contributed by atoms with van der Waals surface area (Å²) < 4.78 is 32.4. The highest BCUT2D eigenvalue weighted by atomic mass is 79.9. The fourth-order valence-electron chi connectivity index (χ4n) is 1.45. The average Bonchev–Trinajstić information content (AvgIpc) is 2.82. The van der Waals surface area contributed by atoms with Crippen LogP contribution in [-0.4, -0.2) is 18.6 Å². The van der Waals surface area contributed by atoms with Crippen LogP contribution < -0.4 is 4.72 Å². The molecule has 0 aromatic carbocycles. The zero-order valence-electron chi connectivity index (χ0n) is 10.5. The van der Waals surface area contributed by atoms with Gasteiger partial charge in [0.15, 0.2) is 0 Å². The van der Waals surface area contributed by atoms with E-state index in [1.807, 2.05) is 0 Å². The van der Waals surface area contributed by atoms with Crippen LogP contribution in [0, 0.1) is 20.8 Å². The minimum absolute atomic E-state index is 0.0450. The van der Waals surface area contributed by atoms with Crippen LogP contribution in [0.5, 0.6) is 0 Å². The van der Waals surface area contributed by atoms with Crippen LogP contribution in [-0.2, 0) is 16.6 Å². The van der Waals surface area contributed by atoms with Crippen molar-refractivity contribution in [1.29, 1.82) is 0 Å². The van der Waals surface area contributed by atoms with Gasteiger partial charge < -0.3 is 4.52 Å². The molecule has 6 nitrogen and oxygen atoms in total. The lowest BCUT2D eigenvalue weighted by molar-refractivity contribution is 0.392. The van der Waals surface area contributed by atoms with Crippen LogP contribution in [0.15, 0.2) is 12.6 Å². The summed E-state index contributed by atoms with van der Waals surface area (Å²) in [6.45, 7) is 5.39. The maximum absolute atomic E-state index is 12.1. The smallest absolute Gasteiger partial charge is 0.268 e. The molecular formula is C10H12BrN3O3S2. The van der Waals surface area contributed by atoms with E-state index in [9.17, 15) is 8.42 Å². The van der Waals surface area contributed by atoms with Gasteiger partial charge in [0.25, 0.3) is 10.0 Å². The summed E-state index contributed by atoms with van der Waals surface area (Å²) >= 11 is 4.34. The molecule has 0 atom stereocenters. The second-order valence-electron chi connectivity index (χ2n) is 3.97. The topological polar surface area (TPSA) is 85.1 Å². The van der Waals surface area contributed by atoms with E-state index in [1.165, 1.54) is 0 Å². The normalized spacial score (nSPS) is 12.0. The van der Waals surface area contributed by atoms with Crippen molar-refractivity contribution in [1.82, 2.24) is 14.9 Å². The largest absolute Gasteiger partial charge is 0.361 e. The summed E-state index contributed by atoms with van der Waals surface area (Å²) in [7, 11) is -3.61. The Morgan fingerprint density at radius 1 is 1.32 bits per heavy atom. The van der Waals surface area contributed by atoms with E-state index in [2.05, 4.69) is 30.8 Å². The van der Waals surface area contributed by atoms with E-state index in [-0.39, 0.29) is 10.9 Å².